The second-order valence-electron chi connectivity index (χ2n) is 7.51. The summed E-state index contributed by atoms with van der Waals surface area (Å²) in [6.07, 6.45) is 1.63. The van der Waals surface area contributed by atoms with E-state index in [0.29, 0.717) is 27.1 Å². The number of aromatic hydroxyl groups is 1. The quantitative estimate of drug-likeness (QED) is 0.229. The molecule has 1 unspecified atom stereocenters. The number of nitrogens with zero attached hydrogens (tertiary/aromatic N) is 2. The average Bonchev–Trinajstić information content (AvgIpc) is 2.82. The summed E-state index contributed by atoms with van der Waals surface area (Å²) in [5.41, 5.74) is 7.95. The normalized spacial score (nSPS) is 11.6. The number of benzene rings is 3. The second-order valence-corrected chi connectivity index (χ2v) is 8.33. The lowest BCUT2D eigenvalue weighted by Gasteiger charge is -2.15. The number of aromatic nitrogens is 1. The topological polar surface area (TPSA) is 129 Å². The molecule has 1 heterocycles. The minimum Gasteiger partial charge on any atom is -0.502 e. The number of amides is 1. The number of phenols is 1. The first-order valence-corrected chi connectivity index (χ1v) is 10.9. The first-order chi connectivity index (χ1) is 16.7. The fraction of sp³-hybridized carbons (Fsp3) is 0.0400. The Morgan fingerprint density at radius 1 is 0.943 bits per heavy atom. The highest BCUT2D eigenvalue weighted by molar-refractivity contribution is 6.42. The van der Waals surface area contributed by atoms with E-state index in [2.05, 4.69) is 4.98 Å². The van der Waals surface area contributed by atoms with Crippen LogP contribution in [0.2, 0.25) is 10.0 Å². The molecule has 0 aliphatic carbocycles. The van der Waals surface area contributed by atoms with E-state index in [4.69, 9.17) is 33.7 Å². The van der Waals surface area contributed by atoms with Crippen molar-refractivity contribution < 1.29 is 19.6 Å². The zero-order valence-electron chi connectivity index (χ0n) is 17.9. The van der Waals surface area contributed by atoms with Crippen molar-refractivity contribution in [3.8, 4) is 28.4 Å². The Kier molecular flexibility index (Phi) is 6.86. The van der Waals surface area contributed by atoms with E-state index in [1.165, 1.54) is 6.07 Å². The molecular formula is C25H17Cl2N3O5. The van der Waals surface area contributed by atoms with Crippen LogP contribution in [0.5, 0.6) is 17.2 Å². The van der Waals surface area contributed by atoms with E-state index < -0.39 is 28.2 Å². The first-order valence-electron chi connectivity index (χ1n) is 10.2. The number of hydrogen-bond acceptors (Lipinski definition) is 6. The standard InChI is InChI=1S/C25H17Cl2N3O5/c26-19-8-3-15(11-20(19)27)16-4-9-21(29-13-16)24(25(28)32)14-1-5-17(6-2-14)35-18-7-10-22(30(33)34)23(31)12-18/h1-13,24,31H,(H2,28,32). The van der Waals surface area contributed by atoms with E-state index in [1.807, 2.05) is 12.1 Å². The molecule has 35 heavy (non-hydrogen) atoms. The third-order valence-electron chi connectivity index (χ3n) is 5.21. The minimum absolute atomic E-state index is 0.215. The van der Waals surface area contributed by atoms with Crippen LogP contribution < -0.4 is 10.5 Å². The third-order valence-corrected chi connectivity index (χ3v) is 5.95. The maximum absolute atomic E-state index is 12.3. The van der Waals surface area contributed by atoms with Gasteiger partial charge in [-0.1, -0.05) is 47.5 Å². The van der Waals surface area contributed by atoms with Crippen molar-refractivity contribution in [2.75, 3.05) is 0 Å². The first kappa shape index (κ1) is 24.0. The van der Waals surface area contributed by atoms with Crippen LogP contribution in [0.1, 0.15) is 17.2 Å². The van der Waals surface area contributed by atoms with Crippen LogP contribution >= 0.6 is 23.2 Å². The van der Waals surface area contributed by atoms with Crippen LogP contribution in [0, 0.1) is 10.1 Å². The van der Waals surface area contributed by atoms with Crippen molar-refractivity contribution in [1.82, 2.24) is 4.98 Å². The zero-order chi connectivity index (χ0) is 25.1. The van der Waals surface area contributed by atoms with Crippen molar-refractivity contribution >= 4 is 34.8 Å². The van der Waals surface area contributed by atoms with Gasteiger partial charge >= 0.3 is 5.69 Å². The molecule has 0 radical (unpaired) electrons. The summed E-state index contributed by atoms with van der Waals surface area (Å²) in [7, 11) is 0. The smallest absolute Gasteiger partial charge is 0.310 e. The molecule has 0 saturated carbocycles. The molecule has 8 nitrogen and oxygen atoms in total. The Hall–Kier alpha value is -4.14. The van der Waals surface area contributed by atoms with E-state index in [1.54, 1.807) is 48.7 Å². The van der Waals surface area contributed by atoms with Crippen molar-refractivity contribution in [2.45, 2.75) is 5.92 Å². The number of nitro groups is 1. The summed E-state index contributed by atoms with van der Waals surface area (Å²) in [4.78, 5) is 26.9. The molecule has 3 N–H and O–H groups in total. The highest BCUT2D eigenvalue weighted by Crippen LogP contribution is 2.33. The predicted molar refractivity (Wildman–Crippen MR) is 132 cm³/mol. The van der Waals surface area contributed by atoms with Gasteiger partial charge in [0, 0.05) is 23.9 Å². The molecule has 0 aliphatic rings. The summed E-state index contributed by atoms with van der Waals surface area (Å²) < 4.78 is 5.64. The van der Waals surface area contributed by atoms with Crippen LogP contribution in [0.4, 0.5) is 5.69 Å². The monoisotopic (exact) mass is 509 g/mol. The third kappa shape index (κ3) is 5.34. The van der Waals surface area contributed by atoms with Gasteiger partial charge in [-0.2, -0.15) is 0 Å². The Morgan fingerprint density at radius 3 is 2.20 bits per heavy atom. The molecular weight excluding hydrogens is 493 g/mol. The van der Waals surface area contributed by atoms with Crippen molar-refractivity contribution in [3.05, 3.63) is 110 Å². The number of halogens is 2. The molecule has 0 saturated heterocycles. The maximum Gasteiger partial charge on any atom is 0.310 e. The van der Waals surface area contributed by atoms with E-state index in [9.17, 15) is 20.0 Å². The highest BCUT2D eigenvalue weighted by Gasteiger charge is 2.22. The second kappa shape index (κ2) is 10.0. The Balaban J connectivity index is 1.54. The van der Waals surface area contributed by atoms with Gasteiger partial charge in [-0.05, 0) is 47.5 Å². The number of rotatable bonds is 7. The van der Waals surface area contributed by atoms with E-state index in [0.717, 1.165) is 23.3 Å². The number of carbonyl (C=O) groups excluding carboxylic acids is 1. The Morgan fingerprint density at radius 2 is 1.63 bits per heavy atom. The van der Waals surface area contributed by atoms with Crippen LogP contribution in [-0.2, 0) is 4.79 Å². The average molecular weight is 510 g/mol. The van der Waals surface area contributed by atoms with Gasteiger partial charge in [-0.3, -0.25) is 19.9 Å². The SMILES string of the molecule is NC(=O)C(c1ccc(Oc2ccc([N+](=O)[O-])c(O)c2)cc1)c1ccc(-c2ccc(Cl)c(Cl)c2)cn1. The summed E-state index contributed by atoms with van der Waals surface area (Å²) in [6, 6.07) is 19.0. The number of pyridine rings is 1. The lowest BCUT2D eigenvalue weighted by molar-refractivity contribution is -0.385. The van der Waals surface area contributed by atoms with Gasteiger partial charge in [0.15, 0.2) is 5.75 Å². The van der Waals surface area contributed by atoms with E-state index >= 15 is 0 Å². The van der Waals surface area contributed by atoms with Gasteiger partial charge in [0.1, 0.15) is 17.4 Å². The fourth-order valence-electron chi connectivity index (χ4n) is 3.49. The number of nitro benzene ring substituents is 1. The lowest BCUT2D eigenvalue weighted by atomic mass is 9.94. The molecule has 1 atom stereocenters. The number of ether oxygens (including phenoxy) is 1. The van der Waals surface area contributed by atoms with Crippen LogP contribution in [0.25, 0.3) is 11.1 Å². The van der Waals surface area contributed by atoms with Crippen molar-refractivity contribution in [3.63, 3.8) is 0 Å². The number of phenolic OH excluding ortho intramolecular Hbond substituents is 1. The fourth-order valence-corrected chi connectivity index (χ4v) is 3.79. The molecule has 0 aliphatic heterocycles. The maximum atomic E-state index is 12.3. The van der Waals surface area contributed by atoms with Gasteiger partial charge in [-0.25, -0.2) is 0 Å². The summed E-state index contributed by atoms with van der Waals surface area (Å²) in [6.45, 7) is 0. The zero-order valence-corrected chi connectivity index (χ0v) is 19.4. The Bertz CT molecular complexity index is 1410. The summed E-state index contributed by atoms with van der Waals surface area (Å²) in [5.74, 6) is -1.27. The summed E-state index contributed by atoms with van der Waals surface area (Å²) in [5, 5.41) is 21.5. The molecule has 3 aromatic carbocycles. The van der Waals surface area contributed by atoms with Crippen LogP contribution in [0.15, 0.2) is 79.0 Å². The summed E-state index contributed by atoms with van der Waals surface area (Å²) >= 11 is 12.1. The minimum atomic E-state index is -0.796. The van der Waals surface area contributed by atoms with Crippen LogP contribution in [-0.4, -0.2) is 20.9 Å². The predicted octanol–water partition coefficient (Wildman–Crippen LogP) is 6.08. The number of primary amides is 1. The molecule has 10 heteroatoms. The van der Waals surface area contributed by atoms with Gasteiger partial charge in [0.05, 0.1) is 20.7 Å². The number of hydrogen-bond donors (Lipinski definition) is 2. The molecule has 1 aromatic heterocycles. The van der Waals surface area contributed by atoms with E-state index in [-0.39, 0.29) is 5.75 Å². The molecule has 176 valence electrons. The van der Waals surface area contributed by atoms with Gasteiger partial charge in [0.25, 0.3) is 0 Å². The largest absolute Gasteiger partial charge is 0.502 e. The Labute approximate surface area is 209 Å². The molecule has 4 rings (SSSR count). The number of carbonyl (C=O) groups is 1. The molecule has 0 spiro atoms. The number of nitrogens with two attached hydrogens (primary N) is 1. The molecule has 0 bridgehead atoms. The highest BCUT2D eigenvalue weighted by atomic mass is 35.5. The van der Waals surface area contributed by atoms with Gasteiger partial charge < -0.3 is 15.6 Å². The van der Waals surface area contributed by atoms with Gasteiger partial charge in [-0.15, -0.1) is 0 Å². The molecule has 1 amide bonds. The van der Waals surface area contributed by atoms with Crippen molar-refractivity contribution in [2.24, 2.45) is 5.73 Å². The molecule has 4 aromatic rings. The van der Waals surface area contributed by atoms with Gasteiger partial charge in [0.2, 0.25) is 5.91 Å². The lowest BCUT2D eigenvalue weighted by Crippen LogP contribution is -2.23. The van der Waals surface area contributed by atoms with Crippen molar-refractivity contribution in [1.29, 1.82) is 0 Å². The molecule has 0 fully saturated rings. The van der Waals surface area contributed by atoms with Crippen LogP contribution in [0.3, 0.4) is 0 Å².